The molecule has 2 heterocycles. The molecule has 1 aliphatic rings. The van der Waals surface area contributed by atoms with Crippen molar-refractivity contribution in [3.05, 3.63) is 22.2 Å². The first kappa shape index (κ1) is 12.3. The van der Waals surface area contributed by atoms with Crippen LogP contribution < -0.4 is 15.2 Å². The van der Waals surface area contributed by atoms with E-state index in [2.05, 4.69) is 28.0 Å². The number of fused-ring (bicyclic) bond motifs is 1. The Morgan fingerprint density at radius 2 is 2.11 bits per heavy atom. The molecular formula is C13H14BrN3O2. The lowest BCUT2D eigenvalue weighted by Crippen LogP contribution is -1.97. The lowest BCUT2D eigenvalue weighted by molar-refractivity contribution is 0.173. The lowest BCUT2D eigenvalue weighted by atomic mass is 10.0. The van der Waals surface area contributed by atoms with Crippen molar-refractivity contribution in [2.24, 2.45) is 7.05 Å². The summed E-state index contributed by atoms with van der Waals surface area (Å²) in [6.45, 7) is 2.34. The molecule has 0 aliphatic carbocycles. The highest BCUT2D eigenvalue weighted by Gasteiger charge is 2.25. The second-order valence-corrected chi connectivity index (χ2v) is 5.24. The molecule has 1 aromatic carbocycles. The fourth-order valence-electron chi connectivity index (χ4n) is 2.27. The third-order valence-electron chi connectivity index (χ3n) is 3.25. The summed E-state index contributed by atoms with van der Waals surface area (Å²) in [4.78, 5) is 0. The highest BCUT2D eigenvalue weighted by molar-refractivity contribution is 9.10. The number of nitrogens with two attached hydrogens (primary N) is 1. The van der Waals surface area contributed by atoms with Crippen molar-refractivity contribution < 1.29 is 9.47 Å². The molecule has 2 aromatic rings. The number of halogens is 1. The van der Waals surface area contributed by atoms with Crippen molar-refractivity contribution in [1.82, 2.24) is 9.78 Å². The van der Waals surface area contributed by atoms with Crippen molar-refractivity contribution in [2.45, 2.75) is 13.3 Å². The van der Waals surface area contributed by atoms with Crippen LogP contribution in [0, 0.1) is 0 Å². The number of anilines is 1. The molecule has 1 aliphatic heterocycles. The van der Waals surface area contributed by atoms with Crippen LogP contribution in [0.2, 0.25) is 0 Å². The molecule has 6 heteroatoms. The van der Waals surface area contributed by atoms with Gasteiger partial charge in [-0.3, -0.25) is 4.68 Å². The van der Waals surface area contributed by atoms with Gasteiger partial charge < -0.3 is 15.2 Å². The van der Waals surface area contributed by atoms with E-state index < -0.39 is 0 Å². The van der Waals surface area contributed by atoms with E-state index >= 15 is 0 Å². The lowest BCUT2D eigenvalue weighted by Gasteiger charge is -2.10. The second kappa shape index (κ2) is 4.45. The quantitative estimate of drug-likeness (QED) is 0.923. The van der Waals surface area contributed by atoms with Crippen molar-refractivity contribution >= 4 is 21.7 Å². The van der Waals surface area contributed by atoms with E-state index in [1.165, 1.54) is 0 Å². The van der Waals surface area contributed by atoms with Gasteiger partial charge in [-0.05, 0) is 28.4 Å². The summed E-state index contributed by atoms with van der Waals surface area (Å²) in [6, 6.07) is 3.87. The molecule has 0 saturated carbocycles. The molecule has 5 nitrogen and oxygen atoms in total. The number of nitrogen functional groups attached to an aromatic ring is 1. The van der Waals surface area contributed by atoms with Gasteiger partial charge in [0, 0.05) is 24.2 Å². The van der Waals surface area contributed by atoms with Gasteiger partial charge in [-0.2, -0.15) is 5.10 Å². The first-order valence-corrected chi connectivity index (χ1v) is 6.82. The molecule has 100 valence electrons. The molecule has 0 spiro atoms. The van der Waals surface area contributed by atoms with Crippen LogP contribution in [0.3, 0.4) is 0 Å². The highest BCUT2D eigenvalue weighted by Crippen LogP contribution is 2.46. The zero-order valence-corrected chi connectivity index (χ0v) is 12.3. The molecule has 0 fully saturated rings. The Morgan fingerprint density at radius 3 is 2.74 bits per heavy atom. The number of aromatic nitrogens is 2. The van der Waals surface area contributed by atoms with E-state index in [1.807, 2.05) is 19.2 Å². The average Bonchev–Trinajstić information content (AvgIpc) is 2.98. The number of rotatable bonds is 2. The molecule has 0 radical (unpaired) electrons. The first-order chi connectivity index (χ1) is 9.11. The van der Waals surface area contributed by atoms with Crippen LogP contribution in [0.5, 0.6) is 11.5 Å². The first-order valence-electron chi connectivity index (χ1n) is 6.02. The zero-order chi connectivity index (χ0) is 13.6. The maximum atomic E-state index is 5.85. The Bertz CT molecular complexity index is 632. The van der Waals surface area contributed by atoms with Crippen LogP contribution in [0.15, 0.2) is 16.6 Å². The van der Waals surface area contributed by atoms with Gasteiger partial charge in [0.1, 0.15) is 5.82 Å². The SMILES string of the molecule is CCc1c(-c2cc(N)n(C)n2)cc(Br)c2c1OCO2. The molecule has 0 bridgehead atoms. The van der Waals surface area contributed by atoms with Gasteiger partial charge in [0.05, 0.1) is 10.2 Å². The fraction of sp³-hybridized carbons (Fsp3) is 0.308. The van der Waals surface area contributed by atoms with Crippen LogP contribution in [-0.4, -0.2) is 16.6 Å². The summed E-state index contributed by atoms with van der Waals surface area (Å²) in [5.74, 6) is 2.20. The normalized spacial score (nSPS) is 13.0. The molecule has 19 heavy (non-hydrogen) atoms. The largest absolute Gasteiger partial charge is 0.453 e. The number of ether oxygens (including phenoxy) is 2. The van der Waals surface area contributed by atoms with Gasteiger partial charge in [0.25, 0.3) is 0 Å². The van der Waals surface area contributed by atoms with Crippen LogP contribution >= 0.6 is 15.9 Å². The van der Waals surface area contributed by atoms with Gasteiger partial charge in [-0.25, -0.2) is 0 Å². The van der Waals surface area contributed by atoms with Crippen molar-refractivity contribution in [1.29, 1.82) is 0 Å². The molecule has 2 N–H and O–H groups in total. The minimum absolute atomic E-state index is 0.259. The Morgan fingerprint density at radius 1 is 1.37 bits per heavy atom. The van der Waals surface area contributed by atoms with E-state index in [-0.39, 0.29) is 6.79 Å². The third kappa shape index (κ3) is 1.87. The Balaban J connectivity index is 2.24. The molecule has 0 atom stereocenters. The van der Waals surface area contributed by atoms with Crippen molar-refractivity contribution in [3.8, 4) is 22.8 Å². The molecular weight excluding hydrogens is 310 g/mol. The highest BCUT2D eigenvalue weighted by atomic mass is 79.9. The molecule has 3 rings (SSSR count). The van der Waals surface area contributed by atoms with Gasteiger partial charge >= 0.3 is 0 Å². The number of aryl methyl sites for hydroxylation is 1. The standard InChI is InChI=1S/C13H14BrN3O2/c1-3-7-8(10-5-11(15)17(2)16-10)4-9(14)13-12(7)18-6-19-13/h4-5H,3,6,15H2,1-2H3. The summed E-state index contributed by atoms with van der Waals surface area (Å²) >= 11 is 3.51. The number of nitrogens with zero attached hydrogens (tertiary/aromatic N) is 2. The Hall–Kier alpha value is -1.69. The van der Waals surface area contributed by atoms with Gasteiger partial charge in [0.15, 0.2) is 11.5 Å². The third-order valence-corrected chi connectivity index (χ3v) is 3.83. The minimum atomic E-state index is 0.259. The van der Waals surface area contributed by atoms with Crippen molar-refractivity contribution in [3.63, 3.8) is 0 Å². The van der Waals surface area contributed by atoms with E-state index in [1.54, 1.807) is 4.68 Å². The summed E-state index contributed by atoms with van der Waals surface area (Å²) in [5, 5.41) is 4.43. The Labute approximate surface area is 119 Å². The number of hydrogen-bond donors (Lipinski definition) is 1. The predicted molar refractivity (Wildman–Crippen MR) is 76.3 cm³/mol. The predicted octanol–water partition coefficient (Wildman–Crippen LogP) is 2.72. The molecule has 0 unspecified atom stereocenters. The second-order valence-electron chi connectivity index (χ2n) is 4.38. The van der Waals surface area contributed by atoms with E-state index in [9.17, 15) is 0 Å². The Kier molecular flexibility index (Phi) is 2.89. The monoisotopic (exact) mass is 323 g/mol. The summed E-state index contributed by atoms with van der Waals surface area (Å²) in [7, 11) is 1.83. The van der Waals surface area contributed by atoms with E-state index in [0.29, 0.717) is 5.82 Å². The van der Waals surface area contributed by atoms with Crippen molar-refractivity contribution in [2.75, 3.05) is 12.5 Å². The van der Waals surface area contributed by atoms with Gasteiger partial charge in [-0.15, -0.1) is 0 Å². The van der Waals surface area contributed by atoms with Gasteiger partial charge in [0.2, 0.25) is 6.79 Å². The van der Waals surface area contributed by atoms with E-state index in [4.69, 9.17) is 15.2 Å². The topological polar surface area (TPSA) is 62.3 Å². The van der Waals surface area contributed by atoms with Crippen LogP contribution in [-0.2, 0) is 13.5 Å². The van der Waals surface area contributed by atoms with Gasteiger partial charge in [-0.1, -0.05) is 6.92 Å². The van der Waals surface area contributed by atoms with Crippen LogP contribution in [0.25, 0.3) is 11.3 Å². The summed E-state index contributed by atoms with van der Waals surface area (Å²) in [6.07, 6.45) is 0.838. The average molecular weight is 324 g/mol. The zero-order valence-electron chi connectivity index (χ0n) is 10.7. The number of benzene rings is 1. The summed E-state index contributed by atoms with van der Waals surface area (Å²) < 4.78 is 13.6. The molecule has 1 aromatic heterocycles. The summed E-state index contributed by atoms with van der Waals surface area (Å²) in [5.41, 5.74) is 8.81. The smallest absolute Gasteiger partial charge is 0.231 e. The number of hydrogen-bond acceptors (Lipinski definition) is 4. The molecule has 0 saturated heterocycles. The minimum Gasteiger partial charge on any atom is -0.453 e. The van der Waals surface area contributed by atoms with Crippen LogP contribution in [0.1, 0.15) is 12.5 Å². The fourth-order valence-corrected chi connectivity index (χ4v) is 2.80. The maximum absolute atomic E-state index is 5.85. The van der Waals surface area contributed by atoms with Crippen LogP contribution in [0.4, 0.5) is 5.82 Å². The van der Waals surface area contributed by atoms with E-state index in [0.717, 1.165) is 39.2 Å². The molecule has 0 amide bonds. The maximum Gasteiger partial charge on any atom is 0.231 e.